The van der Waals surface area contributed by atoms with Gasteiger partial charge in [-0.2, -0.15) is 13.2 Å². The zero-order chi connectivity index (χ0) is 23.6. The van der Waals surface area contributed by atoms with Gasteiger partial charge >= 0.3 is 12.1 Å². The van der Waals surface area contributed by atoms with Crippen molar-refractivity contribution in [1.82, 2.24) is 9.38 Å². The van der Waals surface area contributed by atoms with Crippen LogP contribution in [-0.2, 0) is 17.5 Å². The lowest BCUT2D eigenvalue weighted by Gasteiger charge is -2.13. The molecule has 2 heterocycles. The van der Waals surface area contributed by atoms with Gasteiger partial charge in [0.15, 0.2) is 0 Å². The van der Waals surface area contributed by atoms with Crippen molar-refractivity contribution >= 4 is 38.9 Å². The fraction of sp³-hybridized carbons (Fsp3) is 0.0870. The van der Waals surface area contributed by atoms with Crippen molar-refractivity contribution in [1.29, 1.82) is 0 Å². The third-order valence-electron chi connectivity index (χ3n) is 4.64. The summed E-state index contributed by atoms with van der Waals surface area (Å²) in [5, 5.41) is 2.83. The monoisotopic (exact) mass is 517 g/mol. The van der Waals surface area contributed by atoms with Crippen LogP contribution in [0.4, 0.5) is 24.5 Å². The first kappa shape index (κ1) is 22.5. The summed E-state index contributed by atoms with van der Waals surface area (Å²) in [4.78, 5) is 29.3. The van der Waals surface area contributed by atoms with Gasteiger partial charge in [-0.1, -0.05) is 18.2 Å². The highest BCUT2D eigenvalue weighted by atomic mass is 79.9. The summed E-state index contributed by atoms with van der Waals surface area (Å²) in [6, 6.07) is 15.6. The molecule has 0 saturated heterocycles. The molecule has 2 aromatic carbocycles. The van der Waals surface area contributed by atoms with Crippen LogP contribution in [0.25, 0.3) is 5.65 Å². The Labute approximate surface area is 193 Å². The van der Waals surface area contributed by atoms with E-state index in [0.717, 1.165) is 12.1 Å². The number of alkyl halides is 3. The quantitative estimate of drug-likeness (QED) is 0.350. The van der Waals surface area contributed by atoms with Gasteiger partial charge in [0.05, 0.1) is 22.5 Å². The Morgan fingerprint density at radius 3 is 2.64 bits per heavy atom. The number of fused-ring (bicyclic) bond motifs is 1. The minimum absolute atomic E-state index is 0.122. The number of ether oxygens (including phenoxy) is 1. The topological polar surface area (TPSA) is 72.7 Å². The van der Waals surface area contributed by atoms with Crippen LogP contribution in [0.5, 0.6) is 0 Å². The molecule has 0 spiro atoms. The number of carbonyl (C=O) groups excluding carboxylic acids is 1. The number of anilines is 2. The van der Waals surface area contributed by atoms with Crippen LogP contribution in [0.3, 0.4) is 0 Å². The lowest BCUT2D eigenvalue weighted by molar-refractivity contribution is -0.137. The zero-order valence-corrected chi connectivity index (χ0v) is 18.4. The Kier molecular flexibility index (Phi) is 6.19. The fourth-order valence-electron chi connectivity index (χ4n) is 3.12. The molecule has 0 atom stereocenters. The van der Waals surface area contributed by atoms with Crippen molar-refractivity contribution in [2.75, 3.05) is 5.32 Å². The molecule has 6 nitrogen and oxygen atoms in total. The maximum absolute atomic E-state index is 13.0. The van der Waals surface area contributed by atoms with Crippen LogP contribution in [0, 0.1) is 0 Å². The number of halogens is 4. The predicted octanol–water partition coefficient (Wildman–Crippen LogP) is 5.58. The van der Waals surface area contributed by atoms with E-state index in [1.165, 1.54) is 28.7 Å². The molecular formula is C23H15BrF3N3O3. The average molecular weight is 518 g/mol. The SMILES string of the molecule is O=C(OCc1cc(=O)n2cc(Br)ccc2n1)c1ccccc1Nc1cccc(C(F)(F)F)c1. The molecule has 168 valence electrons. The third-order valence-corrected chi connectivity index (χ3v) is 5.11. The van der Waals surface area contributed by atoms with Crippen molar-refractivity contribution < 1.29 is 22.7 Å². The van der Waals surface area contributed by atoms with E-state index in [1.807, 2.05) is 0 Å². The lowest BCUT2D eigenvalue weighted by Crippen LogP contribution is -2.17. The van der Waals surface area contributed by atoms with E-state index in [0.29, 0.717) is 10.1 Å². The number of carbonyl (C=O) groups is 1. The van der Waals surface area contributed by atoms with Crippen LogP contribution in [0.15, 0.2) is 82.2 Å². The van der Waals surface area contributed by atoms with Gasteiger partial charge in [0.25, 0.3) is 5.56 Å². The first-order valence-electron chi connectivity index (χ1n) is 9.59. The molecule has 1 N–H and O–H groups in total. The summed E-state index contributed by atoms with van der Waals surface area (Å²) >= 11 is 3.29. The van der Waals surface area contributed by atoms with E-state index >= 15 is 0 Å². The van der Waals surface area contributed by atoms with E-state index in [2.05, 4.69) is 26.2 Å². The molecule has 0 unspecified atom stereocenters. The number of esters is 1. The van der Waals surface area contributed by atoms with Crippen molar-refractivity contribution in [3.8, 4) is 0 Å². The minimum atomic E-state index is -4.49. The van der Waals surface area contributed by atoms with E-state index in [9.17, 15) is 22.8 Å². The maximum Gasteiger partial charge on any atom is 0.416 e. The van der Waals surface area contributed by atoms with Crippen LogP contribution >= 0.6 is 15.9 Å². The Bertz CT molecular complexity index is 1400. The molecule has 0 radical (unpaired) electrons. The Hall–Kier alpha value is -3.66. The van der Waals surface area contributed by atoms with Crippen molar-refractivity contribution in [3.05, 3.63) is 105 Å². The third kappa shape index (κ3) is 5.23. The first-order chi connectivity index (χ1) is 15.7. The second kappa shape index (κ2) is 9.07. The Morgan fingerprint density at radius 2 is 1.85 bits per heavy atom. The van der Waals surface area contributed by atoms with Gasteiger partial charge in [0.2, 0.25) is 0 Å². The zero-order valence-electron chi connectivity index (χ0n) is 16.8. The number of rotatable bonds is 5. The van der Waals surface area contributed by atoms with E-state index in [1.54, 1.807) is 36.5 Å². The summed E-state index contributed by atoms with van der Waals surface area (Å²) in [7, 11) is 0. The standard InChI is InChI=1S/C23H15BrF3N3O3/c24-15-8-9-20-29-17(11-21(31)30(20)12-15)13-33-22(32)18-6-1-2-7-19(18)28-16-5-3-4-14(10-16)23(25,26)27/h1-12,28H,13H2. The van der Waals surface area contributed by atoms with Crippen molar-refractivity contribution in [2.45, 2.75) is 12.8 Å². The Balaban J connectivity index is 1.53. The van der Waals surface area contributed by atoms with Crippen molar-refractivity contribution in [3.63, 3.8) is 0 Å². The molecule has 10 heteroatoms. The van der Waals surface area contributed by atoms with E-state index in [-0.39, 0.29) is 34.8 Å². The summed E-state index contributed by atoms with van der Waals surface area (Å²) in [6.07, 6.45) is -2.91. The first-order valence-corrected chi connectivity index (χ1v) is 10.4. The molecule has 33 heavy (non-hydrogen) atoms. The van der Waals surface area contributed by atoms with Gasteiger partial charge in [0, 0.05) is 22.4 Å². The molecule has 0 fully saturated rings. The Morgan fingerprint density at radius 1 is 1.06 bits per heavy atom. The highest BCUT2D eigenvalue weighted by Crippen LogP contribution is 2.32. The predicted molar refractivity (Wildman–Crippen MR) is 119 cm³/mol. The molecule has 0 amide bonds. The minimum Gasteiger partial charge on any atom is -0.456 e. The molecule has 0 saturated carbocycles. The van der Waals surface area contributed by atoms with Gasteiger partial charge in [0.1, 0.15) is 12.3 Å². The largest absolute Gasteiger partial charge is 0.456 e. The van der Waals surface area contributed by atoms with E-state index < -0.39 is 17.7 Å². The second-order valence-electron chi connectivity index (χ2n) is 6.99. The van der Waals surface area contributed by atoms with Gasteiger partial charge in [-0.05, 0) is 58.4 Å². The number of pyridine rings is 1. The van der Waals surface area contributed by atoms with E-state index in [4.69, 9.17) is 4.74 Å². The normalized spacial score (nSPS) is 11.4. The highest BCUT2D eigenvalue weighted by Gasteiger charge is 2.30. The summed E-state index contributed by atoms with van der Waals surface area (Å²) in [5.74, 6) is -0.720. The second-order valence-corrected chi connectivity index (χ2v) is 7.90. The number of hydrogen-bond acceptors (Lipinski definition) is 5. The number of aromatic nitrogens is 2. The number of para-hydroxylation sites is 1. The number of hydrogen-bond donors (Lipinski definition) is 1. The molecule has 0 aliphatic heterocycles. The van der Waals surface area contributed by atoms with Gasteiger partial charge < -0.3 is 10.1 Å². The molecular weight excluding hydrogens is 503 g/mol. The van der Waals surface area contributed by atoms with Gasteiger partial charge in [-0.25, -0.2) is 9.78 Å². The van der Waals surface area contributed by atoms with Crippen LogP contribution in [-0.4, -0.2) is 15.4 Å². The highest BCUT2D eigenvalue weighted by molar-refractivity contribution is 9.10. The van der Waals surface area contributed by atoms with Gasteiger partial charge in [-0.3, -0.25) is 9.20 Å². The summed E-state index contributed by atoms with van der Waals surface area (Å²) in [5.41, 5.74) is 0.0737. The molecule has 0 bridgehead atoms. The number of nitrogens with one attached hydrogen (secondary N) is 1. The smallest absolute Gasteiger partial charge is 0.416 e. The molecule has 4 rings (SSSR count). The molecule has 0 aliphatic carbocycles. The summed E-state index contributed by atoms with van der Waals surface area (Å²) < 4.78 is 46.3. The molecule has 4 aromatic rings. The fourth-order valence-corrected chi connectivity index (χ4v) is 3.45. The molecule has 0 aliphatic rings. The van der Waals surface area contributed by atoms with Crippen LogP contribution in [0.2, 0.25) is 0 Å². The van der Waals surface area contributed by atoms with Gasteiger partial charge in [-0.15, -0.1) is 0 Å². The molecule has 2 aromatic heterocycles. The lowest BCUT2D eigenvalue weighted by atomic mass is 10.1. The van der Waals surface area contributed by atoms with Crippen LogP contribution < -0.4 is 10.9 Å². The van der Waals surface area contributed by atoms with Crippen molar-refractivity contribution in [2.24, 2.45) is 0 Å². The average Bonchev–Trinajstić information content (AvgIpc) is 2.78. The number of benzene rings is 2. The summed E-state index contributed by atoms with van der Waals surface area (Å²) in [6.45, 7) is -0.251. The number of nitrogens with zero attached hydrogens (tertiary/aromatic N) is 2. The van der Waals surface area contributed by atoms with Crippen LogP contribution in [0.1, 0.15) is 21.6 Å². The maximum atomic E-state index is 13.0.